The van der Waals surface area contributed by atoms with E-state index in [4.69, 9.17) is 0 Å². The average molecular weight is 282 g/mol. The number of carboxylic acid groups (broad SMARTS) is 1. The number of aliphatic carboxylic acids is 1. The van der Waals surface area contributed by atoms with Gasteiger partial charge in [0.15, 0.2) is 6.04 Å². The van der Waals surface area contributed by atoms with Crippen molar-refractivity contribution in [3.63, 3.8) is 0 Å². The number of aryl methyl sites for hydroxylation is 1. The van der Waals surface area contributed by atoms with Crippen LogP contribution in [-0.4, -0.2) is 44.4 Å². The number of hydrogen-bond donors (Lipinski definition) is 2. The first-order chi connectivity index (χ1) is 9.19. The van der Waals surface area contributed by atoms with Crippen molar-refractivity contribution in [2.75, 3.05) is 7.05 Å². The number of aromatic nitrogens is 2. The minimum Gasteiger partial charge on any atom is -0.479 e. The van der Waals surface area contributed by atoms with Gasteiger partial charge in [0.1, 0.15) is 0 Å². The van der Waals surface area contributed by atoms with E-state index >= 15 is 0 Å². The highest BCUT2D eigenvalue weighted by atomic mass is 16.4. The number of urea groups is 1. The lowest BCUT2D eigenvalue weighted by molar-refractivity contribution is -0.139. The Morgan fingerprint density at radius 2 is 2.15 bits per heavy atom. The zero-order chi connectivity index (χ0) is 15.5. The molecule has 112 valence electrons. The Balaban J connectivity index is 2.87. The Bertz CT molecular complexity index is 496. The molecule has 1 heterocycles. The van der Waals surface area contributed by atoms with Crippen molar-refractivity contribution in [2.24, 2.45) is 7.05 Å². The molecule has 2 amide bonds. The van der Waals surface area contributed by atoms with Gasteiger partial charge in [-0.15, -0.1) is 0 Å². The second-order valence-corrected chi connectivity index (χ2v) is 5.39. The third kappa shape index (κ3) is 3.49. The van der Waals surface area contributed by atoms with Crippen molar-refractivity contribution < 1.29 is 14.7 Å². The Hall–Kier alpha value is -2.05. The molecule has 2 N–H and O–H groups in total. The predicted molar refractivity (Wildman–Crippen MR) is 74.2 cm³/mol. The molecule has 0 spiro atoms. The number of carboxylic acids is 1. The second-order valence-electron chi connectivity index (χ2n) is 5.39. The van der Waals surface area contributed by atoms with Gasteiger partial charge in [-0.2, -0.15) is 5.10 Å². The SMILES string of the molecule is CCC(C)(C)N(C)C(=O)NC(C(=O)O)c1cnn(C)c1. The molecular weight excluding hydrogens is 260 g/mol. The van der Waals surface area contributed by atoms with Crippen molar-refractivity contribution in [3.05, 3.63) is 18.0 Å². The lowest BCUT2D eigenvalue weighted by atomic mass is 10.0. The minimum absolute atomic E-state index is 0.345. The first kappa shape index (κ1) is 16.0. The fourth-order valence-corrected chi connectivity index (χ4v) is 1.61. The zero-order valence-electron chi connectivity index (χ0n) is 12.5. The van der Waals surface area contributed by atoms with Crippen LogP contribution in [0.1, 0.15) is 38.8 Å². The van der Waals surface area contributed by atoms with Crippen LogP contribution in [0.25, 0.3) is 0 Å². The van der Waals surface area contributed by atoms with Crippen LogP contribution in [0.15, 0.2) is 12.4 Å². The number of hydrogen-bond acceptors (Lipinski definition) is 3. The van der Waals surface area contributed by atoms with Gasteiger partial charge in [0.05, 0.1) is 6.20 Å². The van der Waals surface area contributed by atoms with Crippen molar-refractivity contribution in [1.29, 1.82) is 0 Å². The normalized spacial score (nSPS) is 12.8. The van der Waals surface area contributed by atoms with Crippen LogP contribution in [0.3, 0.4) is 0 Å². The highest BCUT2D eigenvalue weighted by molar-refractivity contribution is 5.83. The quantitative estimate of drug-likeness (QED) is 0.854. The Morgan fingerprint density at radius 3 is 2.55 bits per heavy atom. The molecule has 1 atom stereocenters. The fourth-order valence-electron chi connectivity index (χ4n) is 1.61. The molecule has 0 saturated carbocycles. The third-order valence-corrected chi connectivity index (χ3v) is 3.65. The van der Waals surface area contributed by atoms with Gasteiger partial charge in [-0.3, -0.25) is 4.68 Å². The molecule has 1 unspecified atom stereocenters. The molecule has 0 bridgehead atoms. The zero-order valence-corrected chi connectivity index (χ0v) is 12.5. The number of carbonyl (C=O) groups is 2. The van der Waals surface area contributed by atoms with Crippen molar-refractivity contribution in [3.8, 4) is 0 Å². The Labute approximate surface area is 118 Å². The number of nitrogens with zero attached hydrogens (tertiary/aromatic N) is 3. The fraction of sp³-hybridized carbons (Fsp3) is 0.615. The van der Waals surface area contributed by atoms with Gasteiger partial charge in [0.25, 0.3) is 0 Å². The lowest BCUT2D eigenvalue weighted by Crippen LogP contribution is -2.50. The summed E-state index contributed by atoms with van der Waals surface area (Å²) in [5.41, 5.74) is 0.0956. The molecule has 0 saturated heterocycles. The van der Waals surface area contributed by atoms with Crippen molar-refractivity contribution in [2.45, 2.75) is 38.8 Å². The molecule has 7 heteroatoms. The van der Waals surface area contributed by atoms with E-state index in [9.17, 15) is 14.7 Å². The molecule has 7 nitrogen and oxygen atoms in total. The summed E-state index contributed by atoms with van der Waals surface area (Å²) < 4.78 is 1.50. The van der Waals surface area contributed by atoms with Gasteiger partial charge in [-0.1, -0.05) is 6.92 Å². The largest absolute Gasteiger partial charge is 0.479 e. The van der Waals surface area contributed by atoms with E-state index in [-0.39, 0.29) is 5.54 Å². The maximum atomic E-state index is 12.2. The Morgan fingerprint density at radius 1 is 1.55 bits per heavy atom. The highest BCUT2D eigenvalue weighted by Crippen LogP contribution is 2.18. The van der Waals surface area contributed by atoms with Crippen LogP contribution < -0.4 is 5.32 Å². The number of carbonyl (C=O) groups excluding carboxylic acids is 1. The van der Waals surface area contributed by atoms with Crippen LogP contribution >= 0.6 is 0 Å². The number of nitrogens with one attached hydrogen (secondary N) is 1. The summed E-state index contributed by atoms with van der Waals surface area (Å²) in [5, 5.41) is 15.7. The third-order valence-electron chi connectivity index (χ3n) is 3.65. The van der Waals surface area contributed by atoms with Gasteiger partial charge in [0, 0.05) is 31.4 Å². The van der Waals surface area contributed by atoms with E-state index < -0.39 is 18.0 Å². The maximum absolute atomic E-state index is 12.2. The molecule has 0 aromatic carbocycles. The summed E-state index contributed by atoms with van der Waals surface area (Å²) in [7, 11) is 3.34. The van der Waals surface area contributed by atoms with Gasteiger partial charge < -0.3 is 15.3 Å². The molecule has 1 aromatic rings. The predicted octanol–water partition coefficient (Wildman–Crippen LogP) is 1.38. The van der Waals surface area contributed by atoms with Gasteiger partial charge in [0.2, 0.25) is 0 Å². The standard InChI is InChI=1S/C13H22N4O3/c1-6-13(2,3)17(5)12(20)15-10(11(18)19)9-7-14-16(4)8-9/h7-8,10H,6H2,1-5H3,(H,15,20)(H,18,19). The smallest absolute Gasteiger partial charge is 0.331 e. The van der Waals surface area contributed by atoms with E-state index in [0.717, 1.165) is 6.42 Å². The van der Waals surface area contributed by atoms with Gasteiger partial charge in [-0.25, -0.2) is 9.59 Å². The molecular formula is C13H22N4O3. The molecule has 1 aromatic heterocycles. The van der Waals surface area contributed by atoms with Crippen LogP contribution in [-0.2, 0) is 11.8 Å². The molecule has 0 aliphatic heterocycles. The maximum Gasteiger partial charge on any atom is 0.331 e. The average Bonchev–Trinajstić information content (AvgIpc) is 2.80. The topological polar surface area (TPSA) is 87.5 Å². The van der Waals surface area contributed by atoms with Gasteiger partial charge >= 0.3 is 12.0 Å². The summed E-state index contributed by atoms with van der Waals surface area (Å²) in [6.07, 6.45) is 3.77. The van der Waals surface area contributed by atoms with E-state index in [2.05, 4.69) is 10.4 Å². The Kier molecular flexibility index (Phi) is 4.75. The van der Waals surface area contributed by atoms with E-state index in [1.54, 1.807) is 20.3 Å². The molecule has 0 radical (unpaired) electrons. The first-order valence-electron chi connectivity index (χ1n) is 6.44. The van der Waals surface area contributed by atoms with Crippen molar-refractivity contribution >= 4 is 12.0 Å². The second kappa shape index (κ2) is 5.94. The van der Waals surface area contributed by atoms with E-state index in [1.165, 1.54) is 15.8 Å². The van der Waals surface area contributed by atoms with E-state index in [0.29, 0.717) is 5.56 Å². The summed E-state index contributed by atoms with van der Waals surface area (Å²) in [5.74, 6) is -1.12. The summed E-state index contributed by atoms with van der Waals surface area (Å²) in [6.45, 7) is 5.82. The summed E-state index contributed by atoms with van der Waals surface area (Å²) >= 11 is 0. The van der Waals surface area contributed by atoms with Gasteiger partial charge in [-0.05, 0) is 20.3 Å². The molecule has 1 rings (SSSR count). The molecule has 0 aliphatic carbocycles. The van der Waals surface area contributed by atoms with E-state index in [1.807, 2.05) is 20.8 Å². The molecule has 0 aliphatic rings. The first-order valence-corrected chi connectivity index (χ1v) is 6.44. The van der Waals surface area contributed by atoms with Crippen LogP contribution in [0.2, 0.25) is 0 Å². The molecule has 0 fully saturated rings. The monoisotopic (exact) mass is 282 g/mol. The van der Waals surface area contributed by atoms with Crippen LogP contribution in [0.5, 0.6) is 0 Å². The highest BCUT2D eigenvalue weighted by Gasteiger charge is 2.30. The molecule has 20 heavy (non-hydrogen) atoms. The minimum atomic E-state index is -1.12. The number of rotatable bonds is 5. The van der Waals surface area contributed by atoms with Crippen molar-refractivity contribution in [1.82, 2.24) is 20.0 Å². The lowest BCUT2D eigenvalue weighted by Gasteiger charge is -2.35. The van der Waals surface area contributed by atoms with Crippen LogP contribution in [0.4, 0.5) is 4.79 Å². The number of amides is 2. The van der Waals surface area contributed by atoms with Crippen LogP contribution in [0, 0.1) is 0 Å². The summed E-state index contributed by atoms with van der Waals surface area (Å²) in [6, 6.07) is -1.53. The summed E-state index contributed by atoms with van der Waals surface area (Å²) in [4.78, 5) is 25.0.